The van der Waals surface area contributed by atoms with Gasteiger partial charge in [-0.1, -0.05) is 72.3 Å². The van der Waals surface area contributed by atoms with Crippen LogP contribution in [0.2, 0.25) is 5.02 Å². The predicted molar refractivity (Wildman–Crippen MR) is 117 cm³/mol. The maximum Gasteiger partial charge on any atom is 0.410 e. The SMILES string of the molecule is O=C(OCC1c2ccccc2-c2ccccc21)N1CC[C@@H](O)[C@H]1c1ccc(Cl)cc1. The van der Waals surface area contributed by atoms with E-state index in [0.717, 1.165) is 5.56 Å². The molecule has 2 atom stereocenters. The molecular weight excluding hydrogens is 398 g/mol. The summed E-state index contributed by atoms with van der Waals surface area (Å²) in [6.07, 6.45) is -0.489. The lowest BCUT2D eigenvalue weighted by molar-refractivity contribution is 0.0741. The first-order chi connectivity index (χ1) is 14.6. The molecule has 3 aromatic rings. The molecule has 30 heavy (non-hydrogen) atoms. The van der Waals surface area contributed by atoms with Crippen LogP contribution in [0.1, 0.15) is 35.1 Å². The molecule has 4 nitrogen and oxygen atoms in total. The Morgan fingerprint density at radius 3 is 2.20 bits per heavy atom. The van der Waals surface area contributed by atoms with E-state index in [-0.39, 0.29) is 12.5 Å². The van der Waals surface area contributed by atoms with E-state index in [2.05, 4.69) is 24.3 Å². The van der Waals surface area contributed by atoms with Crippen LogP contribution in [0, 0.1) is 0 Å². The number of halogens is 1. The van der Waals surface area contributed by atoms with Crippen LogP contribution in [0.25, 0.3) is 11.1 Å². The number of benzene rings is 3. The number of aliphatic hydroxyl groups excluding tert-OH is 1. The summed E-state index contributed by atoms with van der Waals surface area (Å²) in [6.45, 7) is 0.734. The fourth-order valence-electron chi connectivity index (χ4n) is 4.72. The van der Waals surface area contributed by atoms with Crippen LogP contribution in [-0.4, -0.2) is 35.4 Å². The zero-order valence-electron chi connectivity index (χ0n) is 16.4. The Balaban J connectivity index is 1.35. The van der Waals surface area contributed by atoms with Crippen molar-refractivity contribution in [3.63, 3.8) is 0 Å². The number of nitrogens with zero attached hydrogens (tertiary/aromatic N) is 1. The van der Waals surface area contributed by atoms with Gasteiger partial charge in [0.25, 0.3) is 0 Å². The van der Waals surface area contributed by atoms with E-state index in [1.165, 1.54) is 22.3 Å². The maximum atomic E-state index is 13.0. The molecule has 1 heterocycles. The number of carbonyl (C=O) groups excluding carboxylic acids is 1. The maximum absolute atomic E-state index is 13.0. The van der Waals surface area contributed by atoms with Gasteiger partial charge in [0.2, 0.25) is 0 Å². The molecule has 5 rings (SSSR count). The Morgan fingerprint density at radius 2 is 1.57 bits per heavy atom. The van der Waals surface area contributed by atoms with Crippen LogP contribution < -0.4 is 0 Å². The monoisotopic (exact) mass is 419 g/mol. The summed E-state index contributed by atoms with van der Waals surface area (Å²) in [4.78, 5) is 14.6. The van der Waals surface area contributed by atoms with Crippen molar-refractivity contribution in [1.29, 1.82) is 0 Å². The van der Waals surface area contributed by atoms with E-state index in [4.69, 9.17) is 16.3 Å². The van der Waals surface area contributed by atoms with Crippen LogP contribution in [0.3, 0.4) is 0 Å². The Labute approximate surface area is 180 Å². The molecule has 1 N–H and O–H groups in total. The van der Waals surface area contributed by atoms with Crippen LogP contribution in [-0.2, 0) is 4.74 Å². The molecule has 1 aliphatic carbocycles. The van der Waals surface area contributed by atoms with E-state index >= 15 is 0 Å². The minimum Gasteiger partial charge on any atom is -0.448 e. The van der Waals surface area contributed by atoms with Gasteiger partial charge in [-0.2, -0.15) is 0 Å². The molecular formula is C25H22ClNO3. The fraction of sp³-hybridized carbons (Fsp3) is 0.240. The number of fused-ring (bicyclic) bond motifs is 3. The van der Waals surface area contributed by atoms with E-state index < -0.39 is 18.2 Å². The summed E-state index contributed by atoms with van der Waals surface area (Å²) in [7, 11) is 0. The molecule has 1 fully saturated rings. The number of hydrogen-bond acceptors (Lipinski definition) is 3. The highest BCUT2D eigenvalue weighted by molar-refractivity contribution is 6.30. The third kappa shape index (κ3) is 3.26. The van der Waals surface area contributed by atoms with Gasteiger partial charge >= 0.3 is 6.09 Å². The summed E-state index contributed by atoms with van der Waals surface area (Å²) >= 11 is 5.99. The first-order valence-electron chi connectivity index (χ1n) is 10.2. The Bertz CT molecular complexity index is 1040. The normalized spacial score (nSPS) is 20.1. The smallest absolute Gasteiger partial charge is 0.410 e. The van der Waals surface area contributed by atoms with Crippen LogP contribution in [0.15, 0.2) is 72.8 Å². The number of rotatable bonds is 3. The number of hydrogen-bond donors (Lipinski definition) is 1. The van der Waals surface area contributed by atoms with E-state index in [1.807, 2.05) is 36.4 Å². The molecule has 1 amide bonds. The van der Waals surface area contributed by atoms with Gasteiger partial charge in [0.15, 0.2) is 0 Å². The topological polar surface area (TPSA) is 49.8 Å². The molecule has 152 valence electrons. The summed E-state index contributed by atoms with van der Waals surface area (Å²) in [5, 5.41) is 11.1. The predicted octanol–water partition coefficient (Wildman–Crippen LogP) is 5.40. The molecule has 0 unspecified atom stereocenters. The van der Waals surface area contributed by atoms with Crippen molar-refractivity contribution in [2.24, 2.45) is 0 Å². The first-order valence-corrected chi connectivity index (χ1v) is 10.6. The molecule has 0 spiro atoms. The lowest BCUT2D eigenvalue weighted by Gasteiger charge is -2.27. The molecule has 0 saturated carbocycles. The highest BCUT2D eigenvalue weighted by Crippen LogP contribution is 2.44. The van der Waals surface area contributed by atoms with Crippen LogP contribution in [0.4, 0.5) is 4.79 Å². The lowest BCUT2D eigenvalue weighted by atomic mass is 9.98. The molecule has 1 aliphatic heterocycles. The van der Waals surface area contributed by atoms with Crippen LogP contribution in [0.5, 0.6) is 0 Å². The standard InChI is InChI=1S/C25H22ClNO3/c26-17-11-9-16(10-12-17)24-23(28)13-14-27(24)25(29)30-15-22-20-7-3-1-5-18(20)19-6-2-4-8-21(19)22/h1-12,22-24,28H,13-15H2/t23-,24-/m1/s1. The molecule has 5 heteroatoms. The van der Waals surface area contributed by atoms with E-state index in [0.29, 0.717) is 18.0 Å². The minimum absolute atomic E-state index is 0.0165. The van der Waals surface area contributed by atoms with Crippen molar-refractivity contribution in [2.45, 2.75) is 24.5 Å². The Morgan fingerprint density at radius 1 is 0.967 bits per heavy atom. The molecule has 0 radical (unpaired) electrons. The zero-order valence-corrected chi connectivity index (χ0v) is 17.1. The highest BCUT2D eigenvalue weighted by atomic mass is 35.5. The largest absolute Gasteiger partial charge is 0.448 e. The first kappa shape index (κ1) is 19.2. The summed E-state index contributed by atoms with van der Waals surface area (Å²) < 4.78 is 5.80. The number of aliphatic hydroxyl groups is 1. The van der Waals surface area contributed by atoms with Crippen molar-refractivity contribution in [2.75, 3.05) is 13.2 Å². The second-order valence-corrected chi connectivity index (χ2v) is 8.29. The number of likely N-dealkylation sites (tertiary alicyclic amines) is 1. The lowest BCUT2D eigenvalue weighted by Crippen LogP contribution is -2.34. The number of ether oxygens (including phenoxy) is 1. The van der Waals surface area contributed by atoms with Gasteiger partial charge in [-0.25, -0.2) is 4.79 Å². The van der Waals surface area contributed by atoms with E-state index in [1.54, 1.807) is 17.0 Å². The number of carbonyl (C=O) groups is 1. The van der Waals surface area contributed by atoms with Gasteiger partial charge < -0.3 is 9.84 Å². The van der Waals surface area contributed by atoms with Crippen molar-refractivity contribution < 1.29 is 14.6 Å². The van der Waals surface area contributed by atoms with Crippen molar-refractivity contribution in [3.05, 3.63) is 94.5 Å². The van der Waals surface area contributed by atoms with Gasteiger partial charge in [0.1, 0.15) is 6.61 Å². The van der Waals surface area contributed by atoms with Gasteiger partial charge in [0, 0.05) is 17.5 Å². The van der Waals surface area contributed by atoms with Gasteiger partial charge in [-0.3, -0.25) is 4.90 Å². The fourth-order valence-corrected chi connectivity index (χ4v) is 4.85. The average molecular weight is 420 g/mol. The number of amides is 1. The summed E-state index contributed by atoms with van der Waals surface area (Å²) in [5.41, 5.74) is 5.62. The van der Waals surface area contributed by atoms with Crippen LogP contribution >= 0.6 is 11.6 Å². The quantitative estimate of drug-likeness (QED) is 0.618. The molecule has 1 saturated heterocycles. The second-order valence-electron chi connectivity index (χ2n) is 7.85. The Kier molecular flexibility index (Phi) is 4.97. The van der Waals surface area contributed by atoms with Crippen molar-refractivity contribution in [3.8, 4) is 11.1 Å². The third-order valence-electron chi connectivity index (χ3n) is 6.15. The molecule has 2 aliphatic rings. The van der Waals surface area contributed by atoms with Gasteiger partial charge in [-0.05, 0) is 46.4 Å². The average Bonchev–Trinajstić information content (AvgIpc) is 3.31. The van der Waals surface area contributed by atoms with Crippen molar-refractivity contribution >= 4 is 17.7 Å². The zero-order chi connectivity index (χ0) is 20.7. The van der Waals surface area contributed by atoms with Gasteiger partial charge in [-0.15, -0.1) is 0 Å². The third-order valence-corrected chi connectivity index (χ3v) is 6.40. The summed E-state index contributed by atoms with van der Waals surface area (Å²) in [5.74, 6) is 0.0165. The van der Waals surface area contributed by atoms with E-state index in [9.17, 15) is 9.90 Å². The second kappa shape index (κ2) is 7.78. The molecule has 0 aromatic heterocycles. The highest BCUT2D eigenvalue weighted by Gasteiger charge is 2.38. The Hall–Kier alpha value is -2.82. The van der Waals surface area contributed by atoms with Crippen molar-refractivity contribution in [1.82, 2.24) is 4.90 Å². The molecule has 3 aromatic carbocycles. The van der Waals surface area contributed by atoms with Gasteiger partial charge in [0.05, 0.1) is 12.1 Å². The summed E-state index contributed by atoms with van der Waals surface area (Å²) in [6, 6.07) is 23.4. The minimum atomic E-state index is -0.619. The molecule has 0 bridgehead atoms.